The van der Waals surface area contributed by atoms with Gasteiger partial charge in [0.05, 0.1) is 10.8 Å². The van der Waals surface area contributed by atoms with Crippen molar-refractivity contribution in [1.82, 2.24) is 5.32 Å². The number of nitrogens with one attached hydrogen (secondary N) is 1. The molecule has 0 saturated heterocycles. The minimum absolute atomic E-state index is 0.0782. The minimum Gasteiger partial charge on any atom is -0.344 e. The molecular formula is C13H14F3NO2S. The first-order valence-corrected chi connectivity index (χ1v) is 7.44. The van der Waals surface area contributed by atoms with Crippen LogP contribution < -0.4 is 5.32 Å². The first-order chi connectivity index (χ1) is 9.39. The summed E-state index contributed by atoms with van der Waals surface area (Å²) in [6, 6.07) is 6.57. The maximum Gasteiger partial charge on any atom is 0.471 e. The number of benzene rings is 1. The van der Waals surface area contributed by atoms with E-state index >= 15 is 0 Å². The third kappa shape index (κ3) is 3.39. The molecular weight excluding hydrogens is 291 g/mol. The fourth-order valence-corrected chi connectivity index (χ4v) is 3.62. The molecule has 3 nitrogen and oxygen atoms in total. The maximum absolute atomic E-state index is 12.3. The number of alkyl halides is 3. The van der Waals surface area contributed by atoms with E-state index < -0.39 is 22.9 Å². The molecule has 7 heteroatoms. The molecule has 0 heterocycles. The molecule has 0 aliphatic heterocycles. The molecule has 0 radical (unpaired) electrons. The topological polar surface area (TPSA) is 46.2 Å². The summed E-state index contributed by atoms with van der Waals surface area (Å²) in [5.41, 5.74) is 0.468. The molecule has 1 saturated carbocycles. The third-order valence-electron chi connectivity index (χ3n) is 3.24. The van der Waals surface area contributed by atoms with Gasteiger partial charge in [-0.15, -0.1) is 0 Å². The normalized spacial score (nSPS) is 17.4. The van der Waals surface area contributed by atoms with Crippen LogP contribution >= 0.6 is 0 Å². The molecule has 0 aromatic heterocycles. The summed E-state index contributed by atoms with van der Waals surface area (Å²) in [7, 11) is -1.22. The number of rotatable bonds is 4. The number of amides is 1. The summed E-state index contributed by atoms with van der Waals surface area (Å²) in [5.74, 6) is -1.98. The van der Waals surface area contributed by atoms with Gasteiger partial charge in [0.2, 0.25) is 0 Å². The van der Waals surface area contributed by atoms with E-state index in [0.29, 0.717) is 10.5 Å². The van der Waals surface area contributed by atoms with E-state index in [-0.39, 0.29) is 11.8 Å². The zero-order chi connectivity index (χ0) is 14.8. The van der Waals surface area contributed by atoms with Crippen LogP contribution in [0.15, 0.2) is 29.2 Å². The average molecular weight is 305 g/mol. The van der Waals surface area contributed by atoms with Crippen LogP contribution in [0.4, 0.5) is 13.2 Å². The molecule has 0 spiro atoms. The molecule has 1 aliphatic rings. The summed E-state index contributed by atoms with van der Waals surface area (Å²) in [4.78, 5) is 11.3. The zero-order valence-corrected chi connectivity index (χ0v) is 11.4. The number of carbonyl (C=O) groups is 1. The molecule has 1 aromatic carbocycles. The molecule has 110 valence electrons. The highest BCUT2D eigenvalue weighted by Gasteiger charge is 2.38. The van der Waals surface area contributed by atoms with E-state index in [1.807, 2.05) is 5.32 Å². The molecule has 1 amide bonds. The van der Waals surface area contributed by atoms with Gasteiger partial charge in [0, 0.05) is 16.7 Å². The largest absolute Gasteiger partial charge is 0.471 e. The first kappa shape index (κ1) is 15.0. The van der Waals surface area contributed by atoms with Gasteiger partial charge in [-0.1, -0.05) is 24.6 Å². The highest BCUT2D eigenvalue weighted by Crippen LogP contribution is 2.29. The predicted octanol–water partition coefficient (Wildman–Crippen LogP) is 2.53. The molecule has 2 rings (SSSR count). The Kier molecular flexibility index (Phi) is 4.47. The summed E-state index contributed by atoms with van der Waals surface area (Å²) < 4.78 is 48.7. The van der Waals surface area contributed by atoms with Crippen molar-refractivity contribution in [3.05, 3.63) is 29.8 Å². The molecule has 1 atom stereocenters. The van der Waals surface area contributed by atoms with Crippen LogP contribution in [0.5, 0.6) is 0 Å². The van der Waals surface area contributed by atoms with Crippen molar-refractivity contribution in [3.63, 3.8) is 0 Å². The van der Waals surface area contributed by atoms with Crippen molar-refractivity contribution >= 4 is 16.7 Å². The van der Waals surface area contributed by atoms with Gasteiger partial charge < -0.3 is 5.32 Å². The van der Waals surface area contributed by atoms with E-state index in [0.717, 1.165) is 19.3 Å². The fraction of sp³-hybridized carbons (Fsp3) is 0.462. The quantitative estimate of drug-likeness (QED) is 0.929. The summed E-state index contributed by atoms with van der Waals surface area (Å²) in [5, 5.41) is 1.89. The van der Waals surface area contributed by atoms with Gasteiger partial charge in [-0.3, -0.25) is 9.00 Å². The molecule has 0 bridgehead atoms. The Morgan fingerprint density at radius 3 is 2.50 bits per heavy atom. The smallest absolute Gasteiger partial charge is 0.344 e. The lowest BCUT2D eigenvalue weighted by Gasteiger charge is -2.25. The Labute approximate surface area is 117 Å². The molecule has 1 fully saturated rings. The number of hydrogen-bond acceptors (Lipinski definition) is 2. The Morgan fingerprint density at radius 1 is 1.30 bits per heavy atom. The number of halogens is 3. The van der Waals surface area contributed by atoms with Crippen molar-refractivity contribution in [3.8, 4) is 0 Å². The van der Waals surface area contributed by atoms with E-state index in [1.54, 1.807) is 24.3 Å². The predicted molar refractivity (Wildman–Crippen MR) is 68.4 cm³/mol. The SMILES string of the molecule is O=C(NCc1ccccc1S(=O)C1CCC1)C(F)(F)F. The second-order valence-electron chi connectivity index (χ2n) is 4.64. The second kappa shape index (κ2) is 5.95. The molecule has 1 aromatic rings. The van der Waals surface area contributed by atoms with Gasteiger partial charge in [-0.05, 0) is 24.5 Å². The molecule has 20 heavy (non-hydrogen) atoms. The van der Waals surface area contributed by atoms with Gasteiger partial charge in [0.15, 0.2) is 0 Å². The van der Waals surface area contributed by atoms with E-state index in [9.17, 15) is 22.2 Å². The van der Waals surface area contributed by atoms with E-state index in [1.165, 1.54) is 0 Å². The van der Waals surface area contributed by atoms with Crippen molar-refractivity contribution in [2.75, 3.05) is 0 Å². The Morgan fingerprint density at radius 2 is 1.95 bits per heavy atom. The van der Waals surface area contributed by atoms with Crippen molar-refractivity contribution < 1.29 is 22.2 Å². The van der Waals surface area contributed by atoms with Crippen LogP contribution in [-0.4, -0.2) is 21.5 Å². The lowest BCUT2D eigenvalue weighted by atomic mass is 10.00. The van der Waals surface area contributed by atoms with Crippen LogP contribution in [-0.2, 0) is 22.1 Å². The minimum atomic E-state index is -4.90. The standard InChI is InChI=1S/C13H14F3NO2S/c14-13(15,16)12(18)17-8-9-4-1-2-7-11(9)20(19)10-5-3-6-10/h1-2,4,7,10H,3,5-6,8H2,(H,17,18). The molecule has 1 unspecified atom stereocenters. The van der Waals surface area contributed by atoms with Gasteiger partial charge in [-0.2, -0.15) is 13.2 Å². The maximum atomic E-state index is 12.3. The van der Waals surface area contributed by atoms with Crippen LogP contribution in [0.1, 0.15) is 24.8 Å². The zero-order valence-electron chi connectivity index (χ0n) is 10.6. The highest BCUT2D eigenvalue weighted by atomic mass is 32.2. The fourth-order valence-electron chi connectivity index (χ4n) is 1.89. The van der Waals surface area contributed by atoms with Crippen LogP contribution in [0.2, 0.25) is 0 Å². The summed E-state index contributed by atoms with van der Waals surface area (Å²) in [6.45, 7) is -0.271. The summed E-state index contributed by atoms with van der Waals surface area (Å²) >= 11 is 0. The van der Waals surface area contributed by atoms with Gasteiger partial charge in [0.25, 0.3) is 0 Å². The van der Waals surface area contributed by atoms with Gasteiger partial charge in [-0.25, -0.2) is 0 Å². The lowest BCUT2D eigenvalue weighted by Crippen LogP contribution is -2.36. The molecule has 1 aliphatic carbocycles. The van der Waals surface area contributed by atoms with Crippen LogP contribution in [0.3, 0.4) is 0 Å². The highest BCUT2D eigenvalue weighted by molar-refractivity contribution is 7.85. The van der Waals surface area contributed by atoms with E-state index in [2.05, 4.69) is 0 Å². The monoisotopic (exact) mass is 305 g/mol. The summed E-state index contributed by atoms with van der Waals surface area (Å²) in [6.07, 6.45) is -2.13. The van der Waals surface area contributed by atoms with Crippen molar-refractivity contribution in [2.45, 2.75) is 42.1 Å². The van der Waals surface area contributed by atoms with E-state index in [4.69, 9.17) is 0 Å². The van der Waals surface area contributed by atoms with Gasteiger partial charge in [0.1, 0.15) is 0 Å². The number of hydrogen-bond donors (Lipinski definition) is 1. The Balaban J connectivity index is 2.08. The van der Waals surface area contributed by atoms with Gasteiger partial charge >= 0.3 is 12.1 Å². The second-order valence-corrected chi connectivity index (χ2v) is 6.34. The number of carbonyl (C=O) groups excluding carboxylic acids is 1. The Bertz CT molecular complexity index is 527. The van der Waals surface area contributed by atoms with Crippen molar-refractivity contribution in [1.29, 1.82) is 0 Å². The third-order valence-corrected chi connectivity index (χ3v) is 5.15. The molecule has 1 N–H and O–H groups in total. The van der Waals surface area contributed by atoms with Crippen LogP contribution in [0, 0.1) is 0 Å². The van der Waals surface area contributed by atoms with Crippen molar-refractivity contribution in [2.24, 2.45) is 0 Å². The first-order valence-electron chi connectivity index (χ1n) is 6.23. The average Bonchev–Trinajstić information content (AvgIpc) is 2.32. The Hall–Kier alpha value is -1.37. The lowest BCUT2D eigenvalue weighted by molar-refractivity contribution is -0.173. The van der Waals surface area contributed by atoms with Crippen LogP contribution in [0.25, 0.3) is 0 Å².